The third-order valence-electron chi connectivity index (χ3n) is 5.44. The van der Waals surface area contributed by atoms with E-state index >= 15 is 0 Å². The topological polar surface area (TPSA) is 54.9 Å². The molecule has 0 bridgehead atoms. The van der Waals surface area contributed by atoms with Gasteiger partial charge in [-0.1, -0.05) is 30.3 Å². The number of hydrogen-bond acceptors (Lipinski definition) is 3. The number of aryl methyl sites for hydroxylation is 2. The summed E-state index contributed by atoms with van der Waals surface area (Å²) in [4.78, 5) is 8.47. The quantitative estimate of drug-likeness (QED) is 0.493. The van der Waals surface area contributed by atoms with Gasteiger partial charge in [-0.15, -0.1) is 0 Å². The summed E-state index contributed by atoms with van der Waals surface area (Å²) in [6, 6.07) is 16.8. The molecule has 0 aliphatic carbocycles. The summed E-state index contributed by atoms with van der Waals surface area (Å²) < 4.78 is 7.33. The minimum absolute atomic E-state index is 0.797. The molecule has 29 heavy (non-hydrogen) atoms. The molecule has 5 rings (SSSR count). The van der Waals surface area contributed by atoms with E-state index < -0.39 is 0 Å². The Morgan fingerprint density at radius 1 is 1.10 bits per heavy atom. The molecule has 0 saturated heterocycles. The Labute approximate surface area is 170 Å². The molecule has 146 valence electrons. The molecule has 1 aliphatic heterocycles. The Kier molecular flexibility index (Phi) is 4.56. The lowest BCUT2D eigenvalue weighted by atomic mass is 10.1. The van der Waals surface area contributed by atoms with Gasteiger partial charge in [-0.3, -0.25) is 0 Å². The second-order valence-corrected chi connectivity index (χ2v) is 7.41. The first kappa shape index (κ1) is 17.6. The highest BCUT2D eigenvalue weighted by molar-refractivity contribution is 6.02. The third-order valence-corrected chi connectivity index (χ3v) is 5.44. The number of nitrogens with one attached hydrogen (secondary N) is 2. The van der Waals surface area contributed by atoms with Gasteiger partial charge in [0.05, 0.1) is 24.3 Å². The number of fused-ring (bicyclic) bond motifs is 3. The number of aromatic amines is 1. The molecule has 0 radical (unpaired) electrons. The van der Waals surface area contributed by atoms with E-state index in [9.17, 15) is 0 Å². The predicted molar refractivity (Wildman–Crippen MR) is 118 cm³/mol. The molecule has 0 atom stereocenters. The summed E-state index contributed by atoms with van der Waals surface area (Å²) in [6.07, 6.45) is 9.21. The minimum atomic E-state index is 0.797. The van der Waals surface area contributed by atoms with Crippen LogP contribution in [0.1, 0.15) is 23.4 Å². The van der Waals surface area contributed by atoms with Crippen LogP contribution in [0.15, 0.2) is 60.9 Å². The Balaban J connectivity index is 1.40. The molecule has 4 aromatic rings. The minimum Gasteiger partial charge on any atom is -0.495 e. The highest BCUT2D eigenvalue weighted by Crippen LogP contribution is 2.36. The SMILES string of the molecule is COc1ccn(C=C2CNc3ccc4[nH]c(CCCc5ccccc5)nc4c32)c1. The number of rotatable bonds is 6. The summed E-state index contributed by atoms with van der Waals surface area (Å²) in [5, 5.41) is 3.49. The Bertz CT molecular complexity index is 1170. The fourth-order valence-electron chi connectivity index (χ4n) is 3.98. The number of imidazole rings is 1. The fourth-order valence-corrected chi connectivity index (χ4v) is 3.98. The fraction of sp³-hybridized carbons (Fsp3) is 0.208. The van der Waals surface area contributed by atoms with Crippen molar-refractivity contribution in [3.8, 4) is 5.75 Å². The number of methoxy groups -OCH3 is 1. The number of benzene rings is 2. The molecule has 0 fully saturated rings. The first-order valence-electron chi connectivity index (χ1n) is 10.0. The van der Waals surface area contributed by atoms with E-state index in [1.165, 1.54) is 16.7 Å². The highest BCUT2D eigenvalue weighted by Gasteiger charge is 2.21. The average molecular weight is 384 g/mol. The lowest BCUT2D eigenvalue weighted by molar-refractivity contribution is 0.415. The van der Waals surface area contributed by atoms with Gasteiger partial charge in [-0.05, 0) is 42.2 Å². The normalized spacial score (nSPS) is 14.3. The van der Waals surface area contributed by atoms with Gasteiger partial charge in [0.15, 0.2) is 0 Å². The van der Waals surface area contributed by atoms with Gasteiger partial charge in [0.2, 0.25) is 0 Å². The number of nitrogens with zero attached hydrogens (tertiary/aromatic N) is 2. The van der Waals surface area contributed by atoms with Gasteiger partial charge in [0.25, 0.3) is 0 Å². The van der Waals surface area contributed by atoms with Crippen molar-refractivity contribution >= 4 is 28.5 Å². The first-order chi connectivity index (χ1) is 14.3. The van der Waals surface area contributed by atoms with Gasteiger partial charge in [0.1, 0.15) is 11.6 Å². The number of ether oxygens (including phenoxy) is 1. The zero-order chi connectivity index (χ0) is 19.6. The monoisotopic (exact) mass is 384 g/mol. The molecule has 0 amide bonds. The molecule has 1 aliphatic rings. The van der Waals surface area contributed by atoms with Crippen molar-refractivity contribution in [1.82, 2.24) is 14.5 Å². The lowest BCUT2D eigenvalue weighted by Crippen LogP contribution is -1.93. The third kappa shape index (κ3) is 3.51. The van der Waals surface area contributed by atoms with E-state index in [1.54, 1.807) is 7.11 Å². The van der Waals surface area contributed by atoms with Gasteiger partial charge in [0, 0.05) is 36.6 Å². The van der Waals surface area contributed by atoms with Gasteiger partial charge < -0.3 is 19.6 Å². The molecule has 5 heteroatoms. The molecule has 3 heterocycles. The van der Waals surface area contributed by atoms with Crippen molar-refractivity contribution in [3.05, 3.63) is 77.9 Å². The van der Waals surface area contributed by atoms with E-state index in [2.05, 4.69) is 59.0 Å². The van der Waals surface area contributed by atoms with Crippen LogP contribution < -0.4 is 10.1 Å². The molecule has 2 aromatic carbocycles. The van der Waals surface area contributed by atoms with E-state index in [1.807, 2.05) is 23.0 Å². The van der Waals surface area contributed by atoms with Crippen LogP contribution in [0, 0.1) is 0 Å². The van der Waals surface area contributed by atoms with E-state index in [0.29, 0.717) is 0 Å². The van der Waals surface area contributed by atoms with Crippen molar-refractivity contribution in [3.63, 3.8) is 0 Å². The van der Waals surface area contributed by atoms with Gasteiger partial charge in [-0.25, -0.2) is 4.98 Å². The smallest absolute Gasteiger partial charge is 0.136 e. The maximum absolute atomic E-state index is 5.29. The van der Waals surface area contributed by atoms with Crippen molar-refractivity contribution in [2.75, 3.05) is 19.0 Å². The first-order valence-corrected chi connectivity index (χ1v) is 10.0. The predicted octanol–water partition coefficient (Wildman–Crippen LogP) is 4.97. The Morgan fingerprint density at radius 2 is 2.00 bits per heavy atom. The number of H-pyrrole nitrogens is 1. The van der Waals surface area contributed by atoms with Crippen molar-refractivity contribution in [2.45, 2.75) is 19.3 Å². The van der Waals surface area contributed by atoms with Crippen molar-refractivity contribution in [2.24, 2.45) is 0 Å². The average Bonchev–Trinajstić information content (AvgIpc) is 3.47. The van der Waals surface area contributed by atoms with Crippen LogP contribution in [0.4, 0.5) is 5.69 Å². The maximum atomic E-state index is 5.29. The standard InChI is InChI=1S/C24H24N4O/c1-29-19-12-13-28(16-19)15-18-14-25-20-10-11-21-24(23(18)20)27-22(26-21)9-5-8-17-6-3-2-4-7-17/h2-4,6-7,10-13,15-16,25H,5,8-9,14H2,1H3,(H,26,27). The largest absolute Gasteiger partial charge is 0.495 e. The zero-order valence-electron chi connectivity index (χ0n) is 16.5. The van der Waals surface area contributed by atoms with E-state index in [4.69, 9.17) is 9.72 Å². The van der Waals surface area contributed by atoms with Crippen LogP contribution in [0.5, 0.6) is 5.75 Å². The summed E-state index contributed by atoms with van der Waals surface area (Å²) in [5.41, 5.74) is 7.09. The second kappa shape index (κ2) is 7.51. The number of aromatic nitrogens is 3. The molecule has 2 N–H and O–H groups in total. The molecule has 0 unspecified atom stereocenters. The van der Waals surface area contributed by atoms with Gasteiger partial charge in [-0.2, -0.15) is 0 Å². The van der Waals surface area contributed by atoms with Crippen LogP contribution in [-0.4, -0.2) is 28.2 Å². The van der Waals surface area contributed by atoms with Crippen LogP contribution in [0.25, 0.3) is 22.8 Å². The zero-order valence-corrected chi connectivity index (χ0v) is 16.5. The number of hydrogen-bond donors (Lipinski definition) is 2. The molecule has 5 nitrogen and oxygen atoms in total. The van der Waals surface area contributed by atoms with Gasteiger partial charge >= 0.3 is 0 Å². The molecular formula is C24H24N4O. The van der Waals surface area contributed by atoms with Crippen LogP contribution in [-0.2, 0) is 12.8 Å². The summed E-state index contributed by atoms with van der Waals surface area (Å²) in [6.45, 7) is 0.797. The molecule has 0 spiro atoms. The van der Waals surface area contributed by atoms with Crippen LogP contribution in [0.3, 0.4) is 0 Å². The molecular weight excluding hydrogens is 360 g/mol. The highest BCUT2D eigenvalue weighted by atomic mass is 16.5. The second-order valence-electron chi connectivity index (χ2n) is 7.41. The molecule has 2 aromatic heterocycles. The van der Waals surface area contributed by atoms with Crippen molar-refractivity contribution < 1.29 is 4.74 Å². The number of anilines is 1. The van der Waals surface area contributed by atoms with E-state index in [-0.39, 0.29) is 0 Å². The van der Waals surface area contributed by atoms with E-state index in [0.717, 1.165) is 54.1 Å². The summed E-state index contributed by atoms with van der Waals surface area (Å²) in [5.74, 6) is 1.91. The summed E-state index contributed by atoms with van der Waals surface area (Å²) >= 11 is 0. The lowest BCUT2D eigenvalue weighted by Gasteiger charge is -2.02. The Morgan fingerprint density at radius 3 is 2.83 bits per heavy atom. The van der Waals surface area contributed by atoms with Crippen LogP contribution >= 0.6 is 0 Å². The maximum Gasteiger partial charge on any atom is 0.136 e. The Hall–Kier alpha value is -3.47. The van der Waals surface area contributed by atoms with Crippen LogP contribution in [0.2, 0.25) is 0 Å². The van der Waals surface area contributed by atoms with Crippen molar-refractivity contribution in [1.29, 1.82) is 0 Å². The summed E-state index contributed by atoms with van der Waals surface area (Å²) in [7, 11) is 1.69. The molecule has 0 saturated carbocycles.